The van der Waals surface area contributed by atoms with Gasteiger partial charge >= 0.3 is 0 Å². The smallest absolute Gasteiger partial charge is 0.126 e. The molecule has 0 fully saturated rings. The third-order valence-corrected chi connectivity index (χ3v) is 13.8. The summed E-state index contributed by atoms with van der Waals surface area (Å²) >= 11 is 3.60. The molecule has 7 rings (SSSR count). The molecule has 1 N–H and O–H groups in total. The minimum absolute atomic E-state index is 0.0331. The molecule has 0 aliphatic rings. The highest BCUT2D eigenvalue weighted by Gasteiger charge is 2.19. The summed E-state index contributed by atoms with van der Waals surface area (Å²) in [5.41, 5.74) is 11.7. The van der Waals surface area contributed by atoms with Crippen molar-refractivity contribution in [3.8, 4) is 5.75 Å². The second-order valence-electron chi connectivity index (χ2n) is 26.0. The first-order valence-corrected chi connectivity index (χ1v) is 28.0. The van der Waals surface area contributed by atoms with Crippen LogP contribution in [0.3, 0.4) is 0 Å². The van der Waals surface area contributed by atoms with Gasteiger partial charge in [-0.2, -0.15) is 11.3 Å². The fourth-order valence-corrected chi connectivity index (χ4v) is 8.52. The Kier molecular flexibility index (Phi) is 26.6. The monoisotopic (exact) mass is 1030 g/mol. The van der Waals surface area contributed by atoms with Crippen LogP contribution in [0.1, 0.15) is 202 Å². The quantitative estimate of drug-likeness (QED) is 0.174. The van der Waals surface area contributed by atoms with Gasteiger partial charge in [0.2, 0.25) is 0 Å². The van der Waals surface area contributed by atoms with Crippen LogP contribution in [0.5, 0.6) is 5.75 Å². The maximum Gasteiger partial charge on any atom is 0.126 e. The Morgan fingerprint density at radius 2 is 0.849 bits per heavy atom. The first kappa shape index (κ1) is 66.2. The zero-order valence-corrected chi connectivity index (χ0v) is 51.6. The van der Waals surface area contributed by atoms with E-state index in [1.54, 1.807) is 23.5 Å². The number of para-hydroxylation sites is 1. The predicted molar refractivity (Wildman–Crippen MR) is 327 cm³/mol. The summed E-state index contributed by atoms with van der Waals surface area (Å²) < 4.78 is 13.1. The number of aromatic hydroxyl groups is 1. The Hall–Kier alpha value is -4.77. The van der Waals surface area contributed by atoms with Gasteiger partial charge < -0.3 is 5.11 Å². The van der Waals surface area contributed by atoms with Crippen LogP contribution in [0.25, 0.3) is 0 Å². The number of rotatable bonds is 1. The van der Waals surface area contributed by atoms with Crippen LogP contribution in [-0.2, 0) is 44.3 Å². The minimum Gasteiger partial charge on any atom is -0.508 e. The van der Waals surface area contributed by atoms with Crippen molar-refractivity contribution in [1.29, 1.82) is 0 Å². The lowest BCUT2D eigenvalue weighted by Gasteiger charge is -2.19. The van der Waals surface area contributed by atoms with E-state index in [1.807, 2.05) is 62.4 Å². The molecular weight excluding hydrogens is 928 g/mol. The summed E-state index contributed by atoms with van der Waals surface area (Å²) in [5.74, 6) is 0.278. The van der Waals surface area contributed by atoms with E-state index in [1.165, 1.54) is 44.3 Å². The van der Waals surface area contributed by atoms with E-state index >= 15 is 0 Å². The number of phenols is 1. The van der Waals surface area contributed by atoms with Crippen LogP contribution in [0, 0.1) is 12.7 Å². The van der Waals surface area contributed by atoms with E-state index in [9.17, 15) is 9.50 Å². The maximum absolute atomic E-state index is 13.1. The molecule has 5 aromatic carbocycles. The predicted octanol–water partition coefficient (Wildman–Crippen LogP) is 21.7. The normalized spacial score (nSPS) is 11.7. The minimum atomic E-state index is -0.111. The summed E-state index contributed by atoms with van der Waals surface area (Å²) in [6.07, 6.45) is 1.13. The number of hydrogen-bond acceptors (Lipinski definition) is 3. The summed E-state index contributed by atoms with van der Waals surface area (Å²) in [5, 5.41) is 15.9. The van der Waals surface area contributed by atoms with Crippen molar-refractivity contribution in [3.63, 3.8) is 0 Å². The van der Waals surface area contributed by atoms with Gasteiger partial charge in [0, 0.05) is 4.88 Å². The van der Waals surface area contributed by atoms with Gasteiger partial charge in [0.05, 0.1) is 0 Å². The molecule has 0 unspecified atom stereocenters. The summed E-state index contributed by atoms with van der Waals surface area (Å²) in [6.45, 7) is 50.1. The van der Waals surface area contributed by atoms with Crippen molar-refractivity contribution < 1.29 is 9.50 Å². The van der Waals surface area contributed by atoms with Crippen molar-refractivity contribution in [2.45, 2.75) is 204 Å². The molecule has 0 aliphatic heterocycles. The highest BCUT2D eigenvalue weighted by atomic mass is 32.1. The molecule has 1 nitrogen and oxygen atoms in total. The molecule has 0 saturated heterocycles. The van der Waals surface area contributed by atoms with E-state index in [4.69, 9.17) is 0 Å². The fraction of sp³-hybridized carbons (Fsp3) is 0.449. The topological polar surface area (TPSA) is 20.2 Å². The number of benzene rings is 5. The Labute approximate surface area is 455 Å². The third kappa shape index (κ3) is 26.8. The lowest BCUT2D eigenvalue weighted by atomic mass is 9.86. The van der Waals surface area contributed by atoms with Crippen LogP contribution in [0.4, 0.5) is 4.39 Å². The lowest BCUT2D eigenvalue weighted by Crippen LogP contribution is -2.12. The molecule has 0 bridgehead atoms. The average molecular weight is 1030 g/mol. The zero-order chi connectivity index (χ0) is 56.1. The molecule has 0 saturated carbocycles. The van der Waals surface area contributed by atoms with Crippen LogP contribution < -0.4 is 0 Å². The summed E-state index contributed by atoms with van der Waals surface area (Å²) in [7, 11) is 0. The Morgan fingerprint density at radius 1 is 0.397 bits per heavy atom. The van der Waals surface area contributed by atoms with Crippen molar-refractivity contribution in [2.75, 3.05) is 0 Å². The van der Waals surface area contributed by atoms with Crippen LogP contribution in [0.2, 0.25) is 0 Å². The van der Waals surface area contributed by atoms with Gasteiger partial charge in [-0.25, -0.2) is 4.39 Å². The molecular formula is C69H99FOS2. The first-order chi connectivity index (χ1) is 33.4. The summed E-state index contributed by atoms with van der Waals surface area (Å²) in [6, 6.07) is 49.0. The van der Waals surface area contributed by atoms with E-state index in [-0.39, 0.29) is 27.5 Å². The van der Waals surface area contributed by atoms with E-state index in [0.29, 0.717) is 22.0 Å². The Bertz CT molecular complexity index is 2420. The van der Waals surface area contributed by atoms with E-state index in [0.717, 1.165) is 17.5 Å². The number of thiophene rings is 2. The van der Waals surface area contributed by atoms with Gasteiger partial charge in [0.25, 0.3) is 0 Å². The largest absolute Gasteiger partial charge is 0.508 e. The van der Waals surface area contributed by atoms with Gasteiger partial charge in [-0.3, -0.25) is 0 Å². The van der Waals surface area contributed by atoms with E-state index in [2.05, 4.69) is 252 Å². The second-order valence-corrected chi connectivity index (χ2v) is 27.8. The molecule has 0 aliphatic carbocycles. The molecule has 0 spiro atoms. The first-order valence-electron chi connectivity index (χ1n) is 26.2. The van der Waals surface area contributed by atoms with Gasteiger partial charge in [-0.05, 0) is 131 Å². The molecule has 0 amide bonds. The van der Waals surface area contributed by atoms with Crippen molar-refractivity contribution in [1.82, 2.24) is 0 Å². The van der Waals surface area contributed by atoms with Gasteiger partial charge in [-0.15, -0.1) is 11.3 Å². The molecule has 2 aromatic heterocycles. The molecule has 2 heterocycles. The van der Waals surface area contributed by atoms with Crippen molar-refractivity contribution >= 4 is 22.7 Å². The van der Waals surface area contributed by atoms with Crippen molar-refractivity contribution in [2.24, 2.45) is 0 Å². The summed E-state index contributed by atoms with van der Waals surface area (Å²) in [4.78, 5) is 1.46. The molecule has 400 valence electrons. The SMILES string of the molecule is CC(C)(C)c1ccccc1.CC(C)(C)c1ccccc1F.CC(C)(C)c1ccccc1O.CC(C)(C)c1cccs1.CC(C)(C)c1ccsc1.CCc1cccc(C(C)(C)C)c1.Cc1ccc(C(C)(C)C)cc1. The average Bonchev–Trinajstić information content (AvgIpc) is 4.04. The highest BCUT2D eigenvalue weighted by molar-refractivity contribution is 7.10. The van der Waals surface area contributed by atoms with Crippen LogP contribution >= 0.6 is 22.7 Å². The molecule has 4 heteroatoms. The molecule has 73 heavy (non-hydrogen) atoms. The van der Waals surface area contributed by atoms with Gasteiger partial charge in [-0.1, -0.05) is 279 Å². The third-order valence-electron chi connectivity index (χ3n) is 11.8. The fourth-order valence-electron chi connectivity index (χ4n) is 6.82. The number of halogens is 1. The van der Waals surface area contributed by atoms with Crippen molar-refractivity contribution in [3.05, 3.63) is 217 Å². The van der Waals surface area contributed by atoms with Crippen LogP contribution in [-0.4, -0.2) is 5.11 Å². The van der Waals surface area contributed by atoms with E-state index < -0.39 is 0 Å². The van der Waals surface area contributed by atoms with Gasteiger partial charge in [0.15, 0.2) is 0 Å². The second kappa shape index (κ2) is 29.4. The maximum atomic E-state index is 13.1. The Balaban J connectivity index is 0.000000427. The van der Waals surface area contributed by atoms with Gasteiger partial charge in [0.1, 0.15) is 11.6 Å². The number of hydrogen-bond donors (Lipinski definition) is 1. The lowest BCUT2D eigenvalue weighted by molar-refractivity contribution is 0.447. The Morgan fingerprint density at radius 3 is 1.18 bits per heavy atom. The molecule has 7 aromatic rings. The zero-order valence-electron chi connectivity index (χ0n) is 49.9. The van der Waals surface area contributed by atoms with Crippen LogP contribution in [0.15, 0.2) is 162 Å². The molecule has 0 atom stereocenters. The number of aryl methyl sites for hydroxylation is 2. The number of phenolic OH excluding ortho intramolecular Hbond substituents is 1. The molecule has 0 radical (unpaired) electrons. The standard InChI is InChI=1S/C12H18.C11H16.C10H13F.C10H14O.C10H14.2C8H12S/c1-5-10-7-6-8-11(9-10)12(2,3)4;1-9-5-7-10(8-6-9)11(2,3)4;2*1-10(2,3)8-6-4-5-7-9(8)11;1-10(2,3)9-7-5-4-6-8-9;1-8(2,3)7-4-5-9-6-7;1-8(2,3)7-5-4-6-9-7/h6-9H,5H2,1-4H3;5-8H,1-4H3;4-7H,1-3H3;4-7,11H,1-3H3;4-8H,1-3H3;2*4-6H,1-3H3. The highest BCUT2D eigenvalue weighted by Crippen LogP contribution is 2.30.